The van der Waals surface area contributed by atoms with Gasteiger partial charge >= 0.3 is 0 Å². The Morgan fingerprint density at radius 2 is 2.11 bits per heavy atom. The van der Waals surface area contributed by atoms with Gasteiger partial charge in [-0.2, -0.15) is 0 Å². The molecule has 1 aromatic carbocycles. The lowest BCUT2D eigenvalue weighted by molar-refractivity contribution is 0.227. The Bertz CT molecular complexity index is 538. The average Bonchev–Trinajstić information content (AvgIpc) is 2.82. The molecule has 4 heteroatoms. The summed E-state index contributed by atoms with van der Waals surface area (Å²) in [5.41, 5.74) is 7.63. The van der Waals surface area contributed by atoms with E-state index in [1.165, 1.54) is 12.8 Å². The molecule has 19 heavy (non-hydrogen) atoms. The molecule has 1 aliphatic carbocycles. The normalized spacial score (nSPS) is 29.0. The molecular weight excluding hydrogens is 302 g/mol. The lowest BCUT2D eigenvalue weighted by Gasteiger charge is -2.45. The molecule has 1 fully saturated rings. The van der Waals surface area contributed by atoms with E-state index in [-0.39, 0.29) is 11.0 Å². The fourth-order valence-corrected chi connectivity index (χ4v) is 4.06. The number of guanidine groups is 1. The van der Waals surface area contributed by atoms with Crippen LogP contribution in [0.4, 0.5) is 5.69 Å². The summed E-state index contributed by atoms with van der Waals surface area (Å²) in [5.74, 6) is 0.660. The van der Waals surface area contributed by atoms with Crippen molar-refractivity contribution >= 4 is 27.6 Å². The first-order valence-corrected chi connectivity index (χ1v) is 7.61. The van der Waals surface area contributed by atoms with Gasteiger partial charge in [0.05, 0.1) is 12.1 Å². The zero-order chi connectivity index (χ0) is 13.7. The maximum Gasteiger partial charge on any atom is 0.196 e. The Morgan fingerprint density at radius 3 is 2.74 bits per heavy atom. The number of aliphatic imine (C=N–C) groups is 1. The van der Waals surface area contributed by atoms with Gasteiger partial charge < -0.3 is 10.6 Å². The SMILES string of the molecule is CC1(C)CCCC12CN=C(N)N2c1cccc(Br)c1. The van der Waals surface area contributed by atoms with Crippen LogP contribution in [0.15, 0.2) is 33.7 Å². The quantitative estimate of drug-likeness (QED) is 0.859. The fourth-order valence-electron chi connectivity index (χ4n) is 3.67. The summed E-state index contributed by atoms with van der Waals surface area (Å²) in [6.45, 7) is 5.51. The van der Waals surface area contributed by atoms with Crippen LogP contribution in [0, 0.1) is 5.41 Å². The van der Waals surface area contributed by atoms with E-state index in [1.54, 1.807) is 0 Å². The van der Waals surface area contributed by atoms with E-state index in [2.05, 4.69) is 57.9 Å². The number of benzene rings is 1. The first kappa shape index (κ1) is 13.0. The molecule has 0 radical (unpaired) electrons. The summed E-state index contributed by atoms with van der Waals surface area (Å²) < 4.78 is 1.08. The van der Waals surface area contributed by atoms with E-state index >= 15 is 0 Å². The first-order valence-electron chi connectivity index (χ1n) is 6.82. The van der Waals surface area contributed by atoms with E-state index < -0.39 is 0 Å². The van der Waals surface area contributed by atoms with Crippen LogP contribution < -0.4 is 10.6 Å². The summed E-state index contributed by atoms with van der Waals surface area (Å²) in [6.07, 6.45) is 3.65. The monoisotopic (exact) mass is 321 g/mol. The molecule has 1 unspecified atom stereocenters. The van der Waals surface area contributed by atoms with Gasteiger partial charge in [0.15, 0.2) is 5.96 Å². The summed E-state index contributed by atoms with van der Waals surface area (Å²) in [7, 11) is 0. The lowest BCUT2D eigenvalue weighted by atomic mass is 9.74. The van der Waals surface area contributed by atoms with Gasteiger partial charge in [-0.05, 0) is 36.5 Å². The van der Waals surface area contributed by atoms with Crippen molar-refractivity contribution in [3.63, 3.8) is 0 Å². The predicted octanol–water partition coefficient (Wildman–Crippen LogP) is 3.53. The van der Waals surface area contributed by atoms with Crippen molar-refractivity contribution in [1.29, 1.82) is 0 Å². The molecule has 0 amide bonds. The number of hydrogen-bond donors (Lipinski definition) is 1. The van der Waals surface area contributed by atoms with Gasteiger partial charge in [-0.1, -0.05) is 42.3 Å². The van der Waals surface area contributed by atoms with Crippen molar-refractivity contribution in [3.8, 4) is 0 Å². The fraction of sp³-hybridized carbons (Fsp3) is 0.533. The molecule has 102 valence electrons. The van der Waals surface area contributed by atoms with Crippen molar-refractivity contribution in [2.24, 2.45) is 16.1 Å². The molecule has 0 bridgehead atoms. The molecule has 3 rings (SSSR count). The molecular formula is C15H20BrN3. The minimum atomic E-state index is 0.0534. The molecule has 1 heterocycles. The molecule has 1 aliphatic heterocycles. The zero-order valence-electron chi connectivity index (χ0n) is 11.5. The maximum atomic E-state index is 6.20. The van der Waals surface area contributed by atoms with E-state index in [1.807, 2.05) is 6.07 Å². The second-order valence-electron chi connectivity index (χ2n) is 6.26. The number of halogens is 1. The number of rotatable bonds is 1. The van der Waals surface area contributed by atoms with E-state index in [0.29, 0.717) is 5.96 Å². The van der Waals surface area contributed by atoms with Crippen molar-refractivity contribution in [1.82, 2.24) is 0 Å². The summed E-state index contributed by atoms with van der Waals surface area (Å²) in [4.78, 5) is 6.83. The van der Waals surface area contributed by atoms with Gasteiger partial charge in [0, 0.05) is 10.2 Å². The summed E-state index contributed by atoms with van der Waals surface area (Å²) in [6, 6.07) is 8.35. The molecule has 1 aromatic rings. The smallest absolute Gasteiger partial charge is 0.196 e. The van der Waals surface area contributed by atoms with E-state index in [0.717, 1.165) is 23.1 Å². The van der Waals surface area contributed by atoms with Gasteiger partial charge in [0.2, 0.25) is 0 Å². The Balaban J connectivity index is 2.09. The lowest BCUT2D eigenvalue weighted by Crippen LogP contribution is -2.57. The molecule has 1 spiro atoms. The zero-order valence-corrected chi connectivity index (χ0v) is 13.1. The van der Waals surface area contributed by atoms with Crippen molar-refractivity contribution in [2.75, 3.05) is 11.4 Å². The standard InChI is InChI=1S/C15H20BrN3/c1-14(2)7-4-8-15(14)10-18-13(17)19(15)12-6-3-5-11(16)9-12/h3,5-6,9H,4,7-8,10H2,1-2H3,(H2,17,18). The van der Waals surface area contributed by atoms with Crippen LogP contribution in [0.2, 0.25) is 0 Å². The maximum absolute atomic E-state index is 6.20. The Labute approximate surface area is 123 Å². The van der Waals surface area contributed by atoms with Crippen LogP contribution in [0.25, 0.3) is 0 Å². The highest BCUT2D eigenvalue weighted by atomic mass is 79.9. The topological polar surface area (TPSA) is 41.6 Å². The molecule has 1 saturated carbocycles. The van der Waals surface area contributed by atoms with Crippen molar-refractivity contribution < 1.29 is 0 Å². The van der Waals surface area contributed by atoms with E-state index in [9.17, 15) is 0 Å². The highest BCUT2D eigenvalue weighted by Gasteiger charge is 2.56. The predicted molar refractivity (Wildman–Crippen MR) is 83.5 cm³/mol. The van der Waals surface area contributed by atoms with Gasteiger partial charge in [0.25, 0.3) is 0 Å². The van der Waals surface area contributed by atoms with Gasteiger partial charge in [-0.3, -0.25) is 4.99 Å². The molecule has 1 atom stereocenters. The van der Waals surface area contributed by atoms with Crippen LogP contribution in [0.5, 0.6) is 0 Å². The van der Waals surface area contributed by atoms with Crippen LogP contribution in [-0.2, 0) is 0 Å². The highest BCUT2D eigenvalue weighted by Crippen LogP contribution is 2.52. The highest BCUT2D eigenvalue weighted by molar-refractivity contribution is 9.10. The average molecular weight is 322 g/mol. The second-order valence-corrected chi connectivity index (χ2v) is 7.17. The summed E-state index contributed by atoms with van der Waals surface area (Å²) in [5, 5.41) is 0. The molecule has 0 saturated heterocycles. The number of hydrogen-bond acceptors (Lipinski definition) is 3. The molecule has 0 aromatic heterocycles. The van der Waals surface area contributed by atoms with Crippen molar-refractivity contribution in [2.45, 2.75) is 38.6 Å². The van der Waals surface area contributed by atoms with Crippen LogP contribution in [0.1, 0.15) is 33.1 Å². The second kappa shape index (κ2) is 4.23. The third kappa shape index (κ3) is 1.80. The Kier molecular flexibility index (Phi) is 2.89. The Morgan fingerprint density at radius 1 is 1.32 bits per heavy atom. The van der Waals surface area contributed by atoms with Gasteiger partial charge in [-0.25, -0.2) is 0 Å². The summed E-state index contributed by atoms with van der Waals surface area (Å²) >= 11 is 3.55. The molecule has 2 N–H and O–H groups in total. The first-order chi connectivity index (χ1) is 8.96. The molecule has 3 nitrogen and oxygen atoms in total. The minimum absolute atomic E-state index is 0.0534. The third-order valence-electron chi connectivity index (χ3n) is 4.88. The number of nitrogens with zero attached hydrogens (tertiary/aromatic N) is 2. The third-order valence-corrected chi connectivity index (χ3v) is 5.37. The number of nitrogens with two attached hydrogens (primary N) is 1. The minimum Gasteiger partial charge on any atom is -0.369 e. The van der Waals surface area contributed by atoms with Gasteiger partial charge in [0.1, 0.15) is 0 Å². The largest absolute Gasteiger partial charge is 0.369 e. The molecule has 2 aliphatic rings. The van der Waals surface area contributed by atoms with Crippen LogP contribution in [-0.4, -0.2) is 18.0 Å². The van der Waals surface area contributed by atoms with E-state index in [4.69, 9.17) is 5.73 Å². The van der Waals surface area contributed by atoms with Crippen LogP contribution >= 0.6 is 15.9 Å². The Hall–Kier alpha value is -1.03. The van der Waals surface area contributed by atoms with Crippen molar-refractivity contribution in [3.05, 3.63) is 28.7 Å². The van der Waals surface area contributed by atoms with Gasteiger partial charge in [-0.15, -0.1) is 0 Å². The number of anilines is 1. The van der Waals surface area contributed by atoms with Crippen LogP contribution in [0.3, 0.4) is 0 Å².